The van der Waals surface area contributed by atoms with E-state index < -0.39 is 9.84 Å². The molecule has 0 bridgehead atoms. The van der Waals surface area contributed by atoms with Gasteiger partial charge in [-0.15, -0.1) is 0 Å². The third-order valence-corrected chi connectivity index (χ3v) is 8.04. The Morgan fingerprint density at radius 1 is 1.21 bits per heavy atom. The maximum absolute atomic E-state index is 12.9. The lowest BCUT2D eigenvalue weighted by Gasteiger charge is -2.35. The van der Waals surface area contributed by atoms with Crippen molar-refractivity contribution in [2.45, 2.75) is 68.8 Å². The molecule has 1 aromatic carbocycles. The first-order chi connectivity index (χ1) is 13.9. The van der Waals surface area contributed by atoms with Crippen LogP contribution in [0.2, 0.25) is 0 Å². The van der Waals surface area contributed by atoms with Gasteiger partial charge in [0.25, 0.3) is 5.91 Å². The minimum Gasteiger partial charge on any atom is -0.496 e. The van der Waals surface area contributed by atoms with Crippen LogP contribution in [0.4, 0.5) is 5.69 Å². The zero-order valence-electron chi connectivity index (χ0n) is 17.4. The molecule has 0 aromatic heterocycles. The fourth-order valence-electron chi connectivity index (χ4n) is 4.62. The van der Waals surface area contributed by atoms with Gasteiger partial charge in [-0.1, -0.05) is 26.2 Å². The van der Waals surface area contributed by atoms with Gasteiger partial charge in [0.1, 0.15) is 5.75 Å². The van der Waals surface area contributed by atoms with Crippen molar-refractivity contribution in [3.05, 3.63) is 17.7 Å². The van der Waals surface area contributed by atoms with E-state index in [2.05, 4.69) is 10.2 Å². The Kier molecular flexibility index (Phi) is 7.05. The number of methoxy groups -OCH3 is 1. The van der Waals surface area contributed by atoms with Gasteiger partial charge in [-0.05, 0) is 38.3 Å². The number of nitrogens with zero attached hydrogens (tertiary/aromatic N) is 1. The molecule has 0 spiro atoms. The first-order valence-electron chi connectivity index (χ1n) is 10.6. The molecule has 1 saturated carbocycles. The summed E-state index contributed by atoms with van der Waals surface area (Å²) in [6, 6.07) is 3.72. The largest absolute Gasteiger partial charge is 0.496 e. The summed E-state index contributed by atoms with van der Waals surface area (Å²) in [5.41, 5.74) is 6.21. The first kappa shape index (κ1) is 21.9. The SMILES string of the molecule is CCS(=O)(=O)c1cc(C(=O)NCC2CCCN2C2CCCCC2)c(OC)cc1N. The molecule has 1 heterocycles. The molecule has 1 amide bonds. The Balaban J connectivity index is 1.73. The number of rotatable bonds is 7. The molecule has 1 aromatic rings. The number of sulfone groups is 1. The lowest BCUT2D eigenvalue weighted by molar-refractivity contribution is 0.0917. The number of amides is 1. The van der Waals surface area contributed by atoms with E-state index in [-0.39, 0.29) is 33.6 Å². The number of likely N-dealkylation sites (tertiary alicyclic amines) is 1. The Labute approximate surface area is 173 Å². The van der Waals surface area contributed by atoms with Gasteiger partial charge in [-0.25, -0.2) is 8.42 Å². The van der Waals surface area contributed by atoms with Gasteiger partial charge < -0.3 is 15.8 Å². The Morgan fingerprint density at radius 3 is 2.59 bits per heavy atom. The molecule has 1 aliphatic carbocycles. The molecule has 1 saturated heterocycles. The summed E-state index contributed by atoms with van der Waals surface area (Å²) < 4.78 is 29.9. The molecule has 7 nitrogen and oxygen atoms in total. The van der Waals surface area contributed by atoms with Gasteiger partial charge in [0.2, 0.25) is 0 Å². The van der Waals surface area contributed by atoms with Crippen molar-refractivity contribution in [2.75, 3.05) is 31.7 Å². The second kappa shape index (κ2) is 9.34. The number of nitrogens with two attached hydrogens (primary N) is 1. The van der Waals surface area contributed by atoms with Crippen molar-refractivity contribution in [1.29, 1.82) is 0 Å². The van der Waals surface area contributed by atoms with Crippen LogP contribution in [0.1, 0.15) is 62.2 Å². The van der Waals surface area contributed by atoms with Crippen molar-refractivity contribution in [1.82, 2.24) is 10.2 Å². The number of carbonyl (C=O) groups excluding carboxylic acids is 1. The lowest BCUT2D eigenvalue weighted by atomic mass is 9.94. The van der Waals surface area contributed by atoms with Crippen molar-refractivity contribution in [3.8, 4) is 5.75 Å². The van der Waals surface area contributed by atoms with Crippen LogP contribution < -0.4 is 15.8 Å². The van der Waals surface area contributed by atoms with E-state index >= 15 is 0 Å². The Bertz CT molecular complexity index is 835. The molecule has 29 heavy (non-hydrogen) atoms. The molecule has 3 N–H and O–H groups in total. The van der Waals surface area contributed by atoms with Crippen LogP contribution in [-0.2, 0) is 9.84 Å². The van der Waals surface area contributed by atoms with Gasteiger partial charge in [0, 0.05) is 24.7 Å². The third kappa shape index (κ3) is 4.86. The molecular weight excluding hydrogens is 390 g/mol. The smallest absolute Gasteiger partial charge is 0.255 e. The van der Waals surface area contributed by atoms with Gasteiger partial charge in [0.15, 0.2) is 9.84 Å². The summed E-state index contributed by atoms with van der Waals surface area (Å²) in [5, 5.41) is 3.00. The van der Waals surface area contributed by atoms with Gasteiger partial charge in [-0.3, -0.25) is 9.69 Å². The third-order valence-electron chi connectivity index (χ3n) is 6.26. The summed E-state index contributed by atoms with van der Waals surface area (Å²) in [5.74, 6) is -0.126. The van der Waals surface area contributed by atoms with E-state index in [0.717, 1.165) is 19.4 Å². The van der Waals surface area contributed by atoms with Crippen molar-refractivity contribution in [2.24, 2.45) is 0 Å². The van der Waals surface area contributed by atoms with E-state index in [1.54, 1.807) is 6.92 Å². The summed E-state index contributed by atoms with van der Waals surface area (Å²) in [6.07, 6.45) is 8.62. The highest BCUT2D eigenvalue weighted by Crippen LogP contribution is 2.31. The van der Waals surface area contributed by atoms with Gasteiger partial charge >= 0.3 is 0 Å². The number of anilines is 1. The summed E-state index contributed by atoms with van der Waals surface area (Å²) in [6.45, 7) is 3.20. The summed E-state index contributed by atoms with van der Waals surface area (Å²) in [4.78, 5) is 15.4. The molecule has 1 atom stereocenters. The number of nitrogen functional groups attached to an aromatic ring is 1. The Morgan fingerprint density at radius 2 is 1.93 bits per heavy atom. The molecule has 1 unspecified atom stereocenters. The highest BCUT2D eigenvalue weighted by molar-refractivity contribution is 7.91. The number of nitrogens with one attached hydrogen (secondary N) is 1. The van der Waals surface area contributed by atoms with Crippen LogP contribution in [0.25, 0.3) is 0 Å². The summed E-state index contributed by atoms with van der Waals surface area (Å²) >= 11 is 0. The normalized spacial score (nSPS) is 21.2. The quantitative estimate of drug-likeness (QED) is 0.654. The highest BCUT2D eigenvalue weighted by atomic mass is 32.2. The van der Waals surface area contributed by atoms with Crippen LogP contribution >= 0.6 is 0 Å². The molecule has 0 radical (unpaired) electrons. The number of carbonyl (C=O) groups is 1. The number of ether oxygens (including phenoxy) is 1. The predicted molar refractivity (Wildman–Crippen MR) is 114 cm³/mol. The molecule has 8 heteroatoms. The number of hydrogen-bond acceptors (Lipinski definition) is 6. The van der Waals surface area contributed by atoms with E-state index in [1.807, 2.05) is 0 Å². The van der Waals surface area contributed by atoms with E-state index in [9.17, 15) is 13.2 Å². The number of hydrogen-bond donors (Lipinski definition) is 2. The molecule has 162 valence electrons. The average Bonchev–Trinajstić information content (AvgIpc) is 3.20. The average molecular weight is 424 g/mol. The minimum absolute atomic E-state index is 0.0179. The van der Waals surface area contributed by atoms with Crippen molar-refractivity contribution < 1.29 is 17.9 Å². The van der Waals surface area contributed by atoms with Crippen LogP contribution in [0, 0.1) is 0 Å². The van der Waals surface area contributed by atoms with Crippen molar-refractivity contribution in [3.63, 3.8) is 0 Å². The van der Waals surface area contributed by atoms with Crippen molar-refractivity contribution >= 4 is 21.4 Å². The monoisotopic (exact) mass is 423 g/mol. The molecule has 3 rings (SSSR count). The van der Waals surface area contributed by atoms with E-state index in [1.165, 1.54) is 51.3 Å². The maximum atomic E-state index is 12.9. The topological polar surface area (TPSA) is 102 Å². The van der Waals surface area contributed by atoms with E-state index in [4.69, 9.17) is 10.5 Å². The van der Waals surface area contributed by atoms with Crippen LogP contribution in [-0.4, -0.2) is 57.3 Å². The zero-order valence-corrected chi connectivity index (χ0v) is 18.3. The van der Waals surface area contributed by atoms with Gasteiger partial charge in [-0.2, -0.15) is 0 Å². The Hall–Kier alpha value is -1.80. The van der Waals surface area contributed by atoms with E-state index in [0.29, 0.717) is 18.6 Å². The maximum Gasteiger partial charge on any atom is 0.255 e. The second-order valence-corrected chi connectivity index (χ2v) is 10.3. The lowest BCUT2D eigenvalue weighted by Crippen LogP contribution is -2.45. The highest BCUT2D eigenvalue weighted by Gasteiger charge is 2.32. The van der Waals surface area contributed by atoms with Crippen LogP contribution in [0.15, 0.2) is 17.0 Å². The molecule has 2 aliphatic rings. The minimum atomic E-state index is -3.53. The predicted octanol–water partition coefficient (Wildman–Crippen LogP) is 2.60. The number of benzene rings is 1. The summed E-state index contributed by atoms with van der Waals surface area (Å²) in [7, 11) is -2.09. The van der Waals surface area contributed by atoms with Crippen LogP contribution in [0.3, 0.4) is 0 Å². The zero-order chi connectivity index (χ0) is 21.0. The molecule has 1 aliphatic heterocycles. The van der Waals surface area contributed by atoms with Gasteiger partial charge in [0.05, 0.1) is 29.0 Å². The fraction of sp³-hybridized carbons (Fsp3) is 0.667. The fourth-order valence-corrected chi connectivity index (χ4v) is 5.65. The molecular formula is C21H33N3O4S. The molecule has 2 fully saturated rings. The standard InChI is InChI=1S/C21H33N3O4S/c1-3-29(26,27)20-12-17(19(28-2)13-18(20)22)21(25)23-14-16-10-7-11-24(16)15-8-5-4-6-9-15/h12-13,15-16H,3-11,14,22H2,1-2H3,(H,23,25). The second-order valence-electron chi connectivity index (χ2n) is 8.03. The first-order valence-corrected chi connectivity index (χ1v) is 12.3. The van der Waals surface area contributed by atoms with Crippen LogP contribution in [0.5, 0.6) is 5.75 Å².